The van der Waals surface area contributed by atoms with Gasteiger partial charge in [0, 0.05) is 9.76 Å². The molecule has 0 saturated heterocycles. The monoisotopic (exact) mass is 117 g/mol. The zero-order valence-corrected chi connectivity index (χ0v) is 6.15. The van der Waals surface area contributed by atoms with Gasteiger partial charge in [0.05, 0.1) is 0 Å². The van der Waals surface area contributed by atoms with Gasteiger partial charge in [0.25, 0.3) is 0 Å². The first-order chi connectivity index (χ1) is 2.56. The van der Waals surface area contributed by atoms with Crippen molar-refractivity contribution >= 4 is 17.6 Å². The third-order valence-corrected chi connectivity index (χ3v) is 3.13. The average molecular weight is 117 g/mol. The lowest BCUT2D eigenvalue weighted by Gasteiger charge is -2.07. The molecule has 0 amide bonds. The van der Waals surface area contributed by atoms with Gasteiger partial charge >= 0.3 is 0 Å². The fourth-order valence-electron chi connectivity index (χ4n) is 0. The van der Waals surface area contributed by atoms with E-state index in [0.29, 0.717) is 0 Å². The standard InChI is InChI=1S/C3H9OSi2/c1-3-6(2,4)5/h4H,3H2,1-2H3. The van der Waals surface area contributed by atoms with Crippen LogP contribution in [0, 0.1) is 0 Å². The highest BCUT2D eigenvalue weighted by Crippen LogP contribution is 1.94. The largest absolute Gasteiger partial charge is 0.435 e. The fraction of sp³-hybridized carbons (Fsp3) is 1.00. The van der Waals surface area contributed by atoms with Gasteiger partial charge < -0.3 is 4.80 Å². The maximum atomic E-state index is 8.88. The molecule has 0 aliphatic rings. The van der Waals surface area contributed by atoms with E-state index in [0.717, 1.165) is 6.04 Å². The molecule has 1 unspecified atom stereocenters. The summed E-state index contributed by atoms with van der Waals surface area (Å²) in [5.74, 6) is 0. The fourth-order valence-corrected chi connectivity index (χ4v) is 0. The SMILES string of the molecule is CC[Si](C)(O)[Si]. The zero-order chi connectivity index (χ0) is 5.21. The third kappa shape index (κ3) is 4.39. The Balaban J connectivity index is 3.17. The van der Waals surface area contributed by atoms with Crippen LogP contribution in [0.1, 0.15) is 6.92 Å². The van der Waals surface area contributed by atoms with Gasteiger partial charge in [0.1, 0.15) is 0 Å². The molecule has 1 nitrogen and oxygen atoms in total. The number of hydrogen-bond acceptors (Lipinski definition) is 1. The molecule has 3 heteroatoms. The molecule has 0 aliphatic carbocycles. The predicted octanol–water partition coefficient (Wildman–Crippen LogP) is 0.239. The van der Waals surface area contributed by atoms with E-state index in [9.17, 15) is 0 Å². The van der Waals surface area contributed by atoms with Crippen LogP contribution in [-0.2, 0) is 0 Å². The highest BCUT2D eigenvalue weighted by atomic mass is 29.2. The molecule has 0 aromatic rings. The molecule has 1 N–H and O–H groups in total. The summed E-state index contributed by atoms with van der Waals surface area (Å²) in [6, 6.07) is 0.879. The number of hydrogen-bond donors (Lipinski definition) is 1. The summed E-state index contributed by atoms with van der Waals surface area (Å²) >= 11 is 0. The van der Waals surface area contributed by atoms with Crippen LogP contribution in [0.25, 0.3) is 0 Å². The van der Waals surface area contributed by atoms with E-state index in [1.807, 2.05) is 13.5 Å². The Morgan fingerprint density at radius 3 is 2.00 bits per heavy atom. The van der Waals surface area contributed by atoms with Crippen LogP contribution in [0.5, 0.6) is 0 Å². The van der Waals surface area contributed by atoms with Crippen molar-refractivity contribution in [2.24, 2.45) is 0 Å². The summed E-state index contributed by atoms with van der Waals surface area (Å²) in [7, 11) is 1.39. The Bertz CT molecular complexity index is 38.5. The summed E-state index contributed by atoms with van der Waals surface area (Å²) in [5, 5.41) is 0. The molecular formula is C3H9OSi2. The van der Waals surface area contributed by atoms with Crippen molar-refractivity contribution < 1.29 is 4.80 Å². The first kappa shape index (κ1) is 6.39. The van der Waals surface area contributed by atoms with E-state index in [-0.39, 0.29) is 0 Å². The molecule has 0 saturated carbocycles. The molecule has 6 heavy (non-hydrogen) atoms. The first-order valence-electron chi connectivity index (χ1n) is 2.03. The van der Waals surface area contributed by atoms with Gasteiger partial charge in [-0.3, -0.25) is 0 Å². The maximum Gasteiger partial charge on any atom is 0.163 e. The van der Waals surface area contributed by atoms with E-state index >= 15 is 0 Å². The van der Waals surface area contributed by atoms with E-state index < -0.39 is 7.83 Å². The molecule has 0 fully saturated rings. The van der Waals surface area contributed by atoms with Crippen LogP contribution >= 0.6 is 0 Å². The molecular weight excluding hydrogens is 108 g/mol. The topological polar surface area (TPSA) is 20.2 Å². The van der Waals surface area contributed by atoms with Gasteiger partial charge in [-0.25, -0.2) is 0 Å². The van der Waals surface area contributed by atoms with Crippen LogP contribution in [0.2, 0.25) is 12.6 Å². The summed E-state index contributed by atoms with van der Waals surface area (Å²) in [4.78, 5) is 8.88. The molecule has 0 bridgehead atoms. The van der Waals surface area contributed by atoms with Gasteiger partial charge in [-0.15, -0.1) is 0 Å². The molecule has 3 radical (unpaired) electrons. The average Bonchev–Trinajstić information content (AvgIpc) is 1.35. The van der Waals surface area contributed by atoms with Gasteiger partial charge in [-0.1, -0.05) is 6.92 Å². The Labute approximate surface area is 42.7 Å². The van der Waals surface area contributed by atoms with Crippen LogP contribution in [0.4, 0.5) is 0 Å². The van der Waals surface area contributed by atoms with Crippen molar-refractivity contribution in [3.05, 3.63) is 0 Å². The Morgan fingerprint density at radius 1 is 1.83 bits per heavy atom. The van der Waals surface area contributed by atoms with Crippen LogP contribution < -0.4 is 0 Å². The molecule has 0 spiro atoms. The summed E-state index contributed by atoms with van der Waals surface area (Å²) in [6.45, 7) is 3.82. The minimum Gasteiger partial charge on any atom is -0.435 e. The molecule has 0 aliphatic heterocycles. The van der Waals surface area contributed by atoms with Crippen molar-refractivity contribution in [2.75, 3.05) is 0 Å². The van der Waals surface area contributed by atoms with Crippen molar-refractivity contribution in [3.63, 3.8) is 0 Å². The lowest BCUT2D eigenvalue weighted by Crippen LogP contribution is -2.28. The predicted molar refractivity (Wildman–Crippen MR) is 30.1 cm³/mol. The second-order valence-corrected chi connectivity index (χ2v) is 8.11. The van der Waals surface area contributed by atoms with E-state index in [1.165, 1.54) is 0 Å². The zero-order valence-electron chi connectivity index (χ0n) is 4.15. The minimum absolute atomic E-state index is 0.879. The van der Waals surface area contributed by atoms with E-state index in [4.69, 9.17) is 4.80 Å². The second-order valence-electron chi connectivity index (χ2n) is 1.63. The molecule has 0 aromatic carbocycles. The molecule has 1 atom stereocenters. The van der Waals surface area contributed by atoms with Gasteiger partial charge in [0.2, 0.25) is 0 Å². The quantitative estimate of drug-likeness (QED) is 0.488. The first-order valence-corrected chi connectivity index (χ1v) is 6.19. The lowest BCUT2D eigenvalue weighted by atomic mass is 11.0. The van der Waals surface area contributed by atoms with Crippen LogP contribution in [0.15, 0.2) is 0 Å². The highest BCUT2D eigenvalue weighted by Gasteiger charge is 2.11. The summed E-state index contributed by atoms with van der Waals surface area (Å²) < 4.78 is 0. The van der Waals surface area contributed by atoms with Crippen molar-refractivity contribution in [3.8, 4) is 0 Å². The van der Waals surface area contributed by atoms with Gasteiger partial charge in [0.15, 0.2) is 7.83 Å². The van der Waals surface area contributed by atoms with Crippen LogP contribution in [0.3, 0.4) is 0 Å². The van der Waals surface area contributed by atoms with Gasteiger partial charge in [-0.2, -0.15) is 0 Å². The Morgan fingerprint density at radius 2 is 2.00 bits per heavy atom. The Kier molecular flexibility index (Phi) is 2.03. The highest BCUT2D eigenvalue weighted by molar-refractivity contribution is 7.11. The van der Waals surface area contributed by atoms with Crippen molar-refractivity contribution in [1.29, 1.82) is 0 Å². The Hall–Kier alpha value is 0.394. The number of rotatable bonds is 1. The minimum atomic E-state index is -1.83. The normalized spacial score (nSPS) is 20.0. The lowest BCUT2D eigenvalue weighted by molar-refractivity contribution is 0.568. The third-order valence-electron chi connectivity index (χ3n) is 0.688. The van der Waals surface area contributed by atoms with E-state index in [2.05, 4.69) is 9.76 Å². The van der Waals surface area contributed by atoms with Crippen LogP contribution in [-0.4, -0.2) is 22.4 Å². The summed E-state index contributed by atoms with van der Waals surface area (Å²) in [5.41, 5.74) is 0. The molecule has 35 valence electrons. The van der Waals surface area contributed by atoms with Crippen molar-refractivity contribution in [1.82, 2.24) is 0 Å². The molecule has 0 heterocycles. The van der Waals surface area contributed by atoms with E-state index in [1.54, 1.807) is 0 Å². The summed E-state index contributed by atoms with van der Waals surface area (Å²) in [6.07, 6.45) is 0. The molecule has 0 rings (SSSR count). The second kappa shape index (κ2) is 1.90. The van der Waals surface area contributed by atoms with Gasteiger partial charge in [-0.05, 0) is 12.6 Å². The van der Waals surface area contributed by atoms with Crippen molar-refractivity contribution in [2.45, 2.75) is 19.5 Å². The smallest absolute Gasteiger partial charge is 0.163 e. The molecule has 0 aromatic heterocycles. The maximum absolute atomic E-state index is 8.88.